The molecule has 0 aliphatic rings. The molecule has 68 valence electrons. The van der Waals surface area contributed by atoms with E-state index >= 15 is 0 Å². The van der Waals surface area contributed by atoms with E-state index in [9.17, 15) is 17.6 Å². The second-order valence-corrected chi connectivity index (χ2v) is 2.61. The summed E-state index contributed by atoms with van der Waals surface area (Å²) in [4.78, 5) is 0. The van der Waals surface area contributed by atoms with Crippen molar-refractivity contribution in [3.05, 3.63) is 0 Å². The van der Waals surface area contributed by atoms with E-state index in [-0.39, 0.29) is 6.42 Å². The van der Waals surface area contributed by atoms with Gasteiger partial charge in [-0.3, -0.25) is 0 Å². The fraction of sp³-hybridized carbons (Fsp3) is 1.00. The molecule has 0 aromatic heterocycles. The summed E-state index contributed by atoms with van der Waals surface area (Å²) in [5.74, 6) is 0. The van der Waals surface area contributed by atoms with Crippen LogP contribution in [0.1, 0.15) is 20.3 Å². The Bertz CT molecular complexity index is 129. The molecule has 0 aliphatic heterocycles. The molecular formula is C6H10F4O. The smallest absolute Gasteiger partial charge is 0.387 e. The minimum Gasteiger partial charge on any atom is -0.387 e. The number of halogens is 4. The van der Waals surface area contributed by atoms with E-state index in [2.05, 4.69) is 0 Å². The number of aliphatic hydroxyl groups is 1. The summed E-state index contributed by atoms with van der Waals surface area (Å²) in [5, 5.41) is 8.83. The number of rotatable bonds is 2. The third-order valence-electron chi connectivity index (χ3n) is 1.55. The third kappa shape index (κ3) is 2.65. The maximum absolute atomic E-state index is 12.3. The molecule has 0 amide bonds. The van der Waals surface area contributed by atoms with Crippen LogP contribution in [0.2, 0.25) is 0 Å². The molecule has 0 rings (SSSR count). The first kappa shape index (κ1) is 10.7. The molecule has 1 N–H and O–H groups in total. The Labute approximate surface area is 62.0 Å². The molecular weight excluding hydrogens is 164 g/mol. The summed E-state index contributed by atoms with van der Waals surface area (Å²) in [6.07, 6.45) is -8.41. The minimum atomic E-state index is -4.97. The van der Waals surface area contributed by atoms with Gasteiger partial charge in [-0.2, -0.15) is 13.2 Å². The predicted molar refractivity (Wildman–Crippen MR) is 31.9 cm³/mol. The summed E-state index contributed by atoms with van der Waals surface area (Å²) >= 11 is 0. The first-order valence-electron chi connectivity index (χ1n) is 3.15. The zero-order chi connectivity index (χ0) is 9.28. The second kappa shape index (κ2) is 2.97. The van der Waals surface area contributed by atoms with Crippen molar-refractivity contribution in [1.82, 2.24) is 0 Å². The van der Waals surface area contributed by atoms with Gasteiger partial charge < -0.3 is 5.11 Å². The summed E-state index contributed by atoms with van der Waals surface area (Å²) in [6, 6.07) is 0. The number of hydrogen-bond acceptors (Lipinski definition) is 1. The average molecular weight is 174 g/mol. The third-order valence-corrected chi connectivity index (χ3v) is 1.55. The Morgan fingerprint density at radius 1 is 1.36 bits per heavy atom. The molecule has 0 aliphatic carbocycles. The van der Waals surface area contributed by atoms with E-state index in [0.717, 1.165) is 6.92 Å². The lowest BCUT2D eigenvalue weighted by Gasteiger charge is -2.27. The zero-order valence-electron chi connectivity index (χ0n) is 6.24. The molecule has 0 heterocycles. The molecule has 0 saturated heterocycles. The minimum absolute atomic E-state index is 0.270. The van der Waals surface area contributed by atoms with Crippen LogP contribution in [0.25, 0.3) is 0 Å². The van der Waals surface area contributed by atoms with Crippen LogP contribution in [0.15, 0.2) is 0 Å². The normalized spacial score (nSPS) is 21.0. The van der Waals surface area contributed by atoms with Crippen LogP contribution in [-0.2, 0) is 0 Å². The maximum atomic E-state index is 12.3. The Balaban J connectivity index is 4.35. The highest BCUT2D eigenvalue weighted by molar-refractivity contribution is 4.85. The number of hydrogen-bond donors (Lipinski definition) is 1. The molecule has 0 aromatic rings. The molecule has 11 heavy (non-hydrogen) atoms. The highest BCUT2D eigenvalue weighted by Gasteiger charge is 2.50. The molecule has 2 atom stereocenters. The van der Waals surface area contributed by atoms with E-state index in [0.29, 0.717) is 0 Å². The van der Waals surface area contributed by atoms with Crippen molar-refractivity contribution < 1.29 is 22.7 Å². The fourth-order valence-electron chi connectivity index (χ4n) is 0.532. The van der Waals surface area contributed by atoms with Crippen LogP contribution < -0.4 is 0 Å². The molecule has 1 nitrogen and oxygen atoms in total. The van der Waals surface area contributed by atoms with Gasteiger partial charge in [0.05, 0.1) is 0 Å². The maximum Gasteiger partial charge on any atom is 0.422 e. The van der Waals surface area contributed by atoms with Gasteiger partial charge >= 0.3 is 6.18 Å². The van der Waals surface area contributed by atoms with Gasteiger partial charge in [-0.25, -0.2) is 4.39 Å². The SMILES string of the molecule is CCC(C)(O)C(F)C(F)(F)F. The van der Waals surface area contributed by atoms with E-state index in [1.54, 1.807) is 0 Å². The van der Waals surface area contributed by atoms with Gasteiger partial charge in [0.15, 0.2) is 0 Å². The van der Waals surface area contributed by atoms with Gasteiger partial charge in [0.25, 0.3) is 0 Å². The summed E-state index contributed by atoms with van der Waals surface area (Å²) in [5.41, 5.74) is -2.31. The van der Waals surface area contributed by atoms with Crippen molar-refractivity contribution >= 4 is 0 Å². The van der Waals surface area contributed by atoms with Crippen LogP contribution in [-0.4, -0.2) is 23.1 Å². The highest BCUT2D eigenvalue weighted by atomic mass is 19.4. The first-order chi connectivity index (χ1) is 4.72. The lowest BCUT2D eigenvalue weighted by Crippen LogP contribution is -2.45. The van der Waals surface area contributed by atoms with Gasteiger partial charge in [0.2, 0.25) is 6.17 Å². The van der Waals surface area contributed by atoms with Gasteiger partial charge in [-0.1, -0.05) is 6.92 Å². The van der Waals surface area contributed by atoms with E-state index < -0.39 is 17.9 Å². The van der Waals surface area contributed by atoms with Crippen LogP contribution in [0.5, 0.6) is 0 Å². The lowest BCUT2D eigenvalue weighted by molar-refractivity contribution is -0.228. The Morgan fingerprint density at radius 2 is 1.73 bits per heavy atom. The lowest BCUT2D eigenvalue weighted by atomic mass is 9.97. The monoisotopic (exact) mass is 174 g/mol. The van der Waals surface area contributed by atoms with E-state index in [4.69, 9.17) is 5.11 Å². The molecule has 0 aromatic carbocycles. The topological polar surface area (TPSA) is 20.2 Å². The van der Waals surface area contributed by atoms with Gasteiger partial charge in [0, 0.05) is 0 Å². The molecule has 5 heteroatoms. The quantitative estimate of drug-likeness (QED) is 0.635. The van der Waals surface area contributed by atoms with Crippen LogP contribution >= 0.6 is 0 Å². The fourth-order valence-corrected chi connectivity index (χ4v) is 0.532. The predicted octanol–water partition coefficient (Wildman–Crippen LogP) is 2.05. The van der Waals surface area contributed by atoms with Crippen molar-refractivity contribution in [2.45, 2.75) is 38.2 Å². The van der Waals surface area contributed by atoms with Crippen molar-refractivity contribution in [3.63, 3.8) is 0 Å². The standard InChI is InChI=1S/C6H10F4O/c1-3-5(2,11)4(7)6(8,9)10/h4,11H,3H2,1-2H3. The van der Waals surface area contributed by atoms with Gasteiger partial charge in [0.1, 0.15) is 5.60 Å². The van der Waals surface area contributed by atoms with Gasteiger partial charge in [-0.05, 0) is 13.3 Å². The Kier molecular flexibility index (Phi) is 2.88. The highest BCUT2D eigenvalue weighted by Crippen LogP contribution is 2.32. The van der Waals surface area contributed by atoms with Crippen molar-refractivity contribution in [2.75, 3.05) is 0 Å². The van der Waals surface area contributed by atoms with E-state index in [1.807, 2.05) is 0 Å². The summed E-state index contributed by atoms with van der Waals surface area (Å²) in [7, 11) is 0. The van der Waals surface area contributed by atoms with Crippen molar-refractivity contribution in [3.8, 4) is 0 Å². The summed E-state index contributed by atoms with van der Waals surface area (Å²) < 4.78 is 47.1. The van der Waals surface area contributed by atoms with Crippen molar-refractivity contribution in [1.29, 1.82) is 0 Å². The molecule has 0 spiro atoms. The largest absolute Gasteiger partial charge is 0.422 e. The molecule has 0 bridgehead atoms. The van der Waals surface area contributed by atoms with Crippen molar-refractivity contribution in [2.24, 2.45) is 0 Å². The zero-order valence-corrected chi connectivity index (χ0v) is 6.24. The van der Waals surface area contributed by atoms with E-state index in [1.165, 1.54) is 6.92 Å². The van der Waals surface area contributed by atoms with Crippen LogP contribution in [0, 0.1) is 0 Å². The molecule has 0 fully saturated rings. The molecule has 0 radical (unpaired) electrons. The van der Waals surface area contributed by atoms with Gasteiger partial charge in [-0.15, -0.1) is 0 Å². The molecule has 0 saturated carbocycles. The second-order valence-electron chi connectivity index (χ2n) is 2.61. The van der Waals surface area contributed by atoms with Crippen LogP contribution in [0.4, 0.5) is 17.6 Å². The van der Waals surface area contributed by atoms with Crippen LogP contribution in [0.3, 0.4) is 0 Å². The average Bonchev–Trinajstić information content (AvgIpc) is 1.84. The Hall–Kier alpha value is -0.320. The molecule has 2 unspecified atom stereocenters. The number of alkyl halides is 4. The first-order valence-corrected chi connectivity index (χ1v) is 3.15. The summed E-state index contributed by atoms with van der Waals surface area (Å²) in [6.45, 7) is 2.11. The Morgan fingerprint density at radius 3 is 1.82 bits per heavy atom.